The summed E-state index contributed by atoms with van der Waals surface area (Å²) in [6.45, 7) is 19.9. The van der Waals surface area contributed by atoms with E-state index < -0.39 is 76.2 Å². The molecule has 0 spiro atoms. The molecule has 1 aromatic carbocycles. The smallest absolute Gasteiger partial charge is 0.311 e. The number of halogens is 1. The first-order chi connectivity index (χ1) is 19.9. The van der Waals surface area contributed by atoms with Gasteiger partial charge in [0.1, 0.15) is 12.7 Å². The van der Waals surface area contributed by atoms with E-state index in [0.717, 1.165) is 10.0 Å². The van der Waals surface area contributed by atoms with E-state index in [-0.39, 0.29) is 6.61 Å². The Hall–Kier alpha value is -2.79. The molecule has 0 radical (unpaired) electrons. The molecule has 5 atom stereocenters. The van der Waals surface area contributed by atoms with Crippen molar-refractivity contribution in [2.45, 2.75) is 114 Å². The van der Waals surface area contributed by atoms with Crippen LogP contribution in [0.2, 0.25) is 0 Å². The van der Waals surface area contributed by atoms with E-state index in [9.17, 15) is 19.2 Å². The fraction of sp³-hybridized carbons (Fsp3) is 0.667. The van der Waals surface area contributed by atoms with Crippen molar-refractivity contribution in [3.05, 3.63) is 34.3 Å². The summed E-state index contributed by atoms with van der Waals surface area (Å²) in [6, 6.07) is 7.32. The van der Waals surface area contributed by atoms with Gasteiger partial charge in [0.2, 0.25) is 0 Å². The average Bonchev–Trinajstić information content (AvgIpc) is 2.87. The summed E-state index contributed by atoms with van der Waals surface area (Å²) in [7, 11) is 0. The lowest BCUT2D eigenvalue weighted by molar-refractivity contribution is -0.258. The second-order valence-electron chi connectivity index (χ2n) is 15.1. The van der Waals surface area contributed by atoms with E-state index in [1.54, 1.807) is 83.1 Å². The molecule has 0 unspecified atom stereocenters. The maximum Gasteiger partial charge on any atom is 0.311 e. The molecule has 11 heteroatoms. The minimum Gasteiger partial charge on any atom is -0.462 e. The normalized spacial score (nSPS) is 23.2. The largest absolute Gasteiger partial charge is 0.462 e. The summed E-state index contributed by atoms with van der Waals surface area (Å²) >= 11 is 3.41. The number of hydrogen-bond acceptors (Lipinski definition) is 10. The van der Waals surface area contributed by atoms with E-state index in [2.05, 4.69) is 20.9 Å². The van der Waals surface area contributed by atoms with Crippen LogP contribution in [0.4, 0.5) is 0 Å². The van der Waals surface area contributed by atoms with Crippen LogP contribution in [0, 0.1) is 21.7 Å². The summed E-state index contributed by atoms with van der Waals surface area (Å²) in [5, 5.41) is 0. The van der Waals surface area contributed by atoms with Crippen LogP contribution < -0.4 is 0 Å². The fourth-order valence-corrected chi connectivity index (χ4v) is 3.80. The highest BCUT2D eigenvalue weighted by molar-refractivity contribution is 9.10. The third-order valence-electron chi connectivity index (χ3n) is 6.41. The first-order valence-electron chi connectivity index (χ1n) is 14.7. The Morgan fingerprint density at radius 1 is 0.682 bits per heavy atom. The lowest BCUT2D eigenvalue weighted by Gasteiger charge is -2.45. The molecule has 2 rings (SSSR count). The first-order valence-corrected chi connectivity index (χ1v) is 15.5. The standard InChI is InChI=1S/C33H48BrNO9/c1-30(2,3)26(36)40-18-21-22(42-27(37)31(4,5)6)23(43-28(38)32(7,8)9)24(44-29(39)33(10,11)12)25(41-21)35-17-19-13-15-20(34)16-14-19/h13-17,21-25H,18H2,1-12H3/b35-17+/t21-,22+,23+,24-,25-/m1/s1. The second kappa shape index (κ2) is 14.1. The number of carbonyl (C=O) groups is 4. The monoisotopic (exact) mass is 681 g/mol. The molecule has 1 aliphatic rings. The Labute approximate surface area is 269 Å². The van der Waals surface area contributed by atoms with Crippen molar-refractivity contribution in [2.24, 2.45) is 26.7 Å². The zero-order valence-electron chi connectivity index (χ0n) is 28.0. The van der Waals surface area contributed by atoms with E-state index in [1.807, 2.05) is 24.3 Å². The Morgan fingerprint density at radius 2 is 1.09 bits per heavy atom. The number of hydrogen-bond donors (Lipinski definition) is 0. The van der Waals surface area contributed by atoms with Crippen LogP contribution in [0.15, 0.2) is 33.7 Å². The number of ether oxygens (including phenoxy) is 5. The van der Waals surface area contributed by atoms with Crippen LogP contribution in [0.5, 0.6) is 0 Å². The molecule has 1 fully saturated rings. The summed E-state index contributed by atoms with van der Waals surface area (Å²) < 4.78 is 30.7. The Balaban J connectivity index is 2.71. The van der Waals surface area contributed by atoms with Gasteiger partial charge in [-0.3, -0.25) is 24.2 Å². The van der Waals surface area contributed by atoms with Crippen molar-refractivity contribution in [3.63, 3.8) is 0 Å². The molecule has 0 amide bonds. The molecular weight excluding hydrogens is 634 g/mol. The van der Waals surface area contributed by atoms with Crippen LogP contribution >= 0.6 is 15.9 Å². The molecular formula is C33H48BrNO9. The van der Waals surface area contributed by atoms with Crippen molar-refractivity contribution in [2.75, 3.05) is 6.61 Å². The zero-order chi connectivity index (χ0) is 33.8. The maximum absolute atomic E-state index is 13.3. The van der Waals surface area contributed by atoms with Crippen LogP contribution in [0.3, 0.4) is 0 Å². The van der Waals surface area contributed by atoms with Crippen LogP contribution in [0.25, 0.3) is 0 Å². The van der Waals surface area contributed by atoms with Gasteiger partial charge < -0.3 is 23.7 Å². The SMILES string of the molecule is CC(C)(C)C(=O)OC[C@H]1O[C@@H](/N=C/c2ccc(Br)cc2)[C@H](OC(=O)C(C)(C)C)[C@@H](OC(=O)C(C)(C)C)[C@H]1OC(=O)C(C)(C)C. The highest BCUT2D eigenvalue weighted by atomic mass is 79.9. The number of benzene rings is 1. The third kappa shape index (κ3) is 10.7. The van der Waals surface area contributed by atoms with Crippen molar-refractivity contribution < 1.29 is 42.9 Å². The highest BCUT2D eigenvalue weighted by Crippen LogP contribution is 2.34. The number of rotatable bonds is 7. The Kier molecular flexibility index (Phi) is 12.0. The van der Waals surface area contributed by atoms with Crippen molar-refractivity contribution >= 4 is 46.0 Å². The molecule has 1 saturated heterocycles. The van der Waals surface area contributed by atoms with E-state index in [4.69, 9.17) is 23.7 Å². The van der Waals surface area contributed by atoms with E-state index in [1.165, 1.54) is 6.21 Å². The Bertz CT molecular complexity index is 1210. The van der Waals surface area contributed by atoms with Gasteiger partial charge in [0.15, 0.2) is 24.5 Å². The van der Waals surface area contributed by atoms with Crippen molar-refractivity contribution in [1.82, 2.24) is 0 Å². The van der Waals surface area contributed by atoms with Crippen LogP contribution in [-0.4, -0.2) is 67.3 Å². The van der Waals surface area contributed by atoms with Crippen molar-refractivity contribution in [3.8, 4) is 0 Å². The molecule has 44 heavy (non-hydrogen) atoms. The van der Waals surface area contributed by atoms with Gasteiger partial charge in [-0.1, -0.05) is 28.1 Å². The van der Waals surface area contributed by atoms with Gasteiger partial charge in [-0.05, 0) is 101 Å². The number of aliphatic imine (C=N–C) groups is 1. The molecule has 0 bridgehead atoms. The molecule has 1 aliphatic heterocycles. The zero-order valence-corrected chi connectivity index (χ0v) is 29.6. The minimum absolute atomic E-state index is 0.341. The predicted molar refractivity (Wildman–Crippen MR) is 169 cm³/mol. The number of carbonyl (C=O) groups excluding carboxylic acids is 4. The van der Waals surface area contributed by atoms with E-state index >= 15 is 0 Å². The third-order valence-corrected chi connectivity index (χ3v) is 6.94. The lowest BCUT2D eigenvalue weighted by atomic mass is 9.92. The summed E-state index contributed by atoms with van der Waals surface area (Å²) in [5.41, 5.74) is -2.94. The topological polar surface area (TPSA) is 127 Å². The molecule has 1 aromatic rings. The molecule has 10 nitrogen and oxygen atoms in total. The van der Waals surface area contributed by atoms with Crippen molar-refractivity contribution in [1.29, 1.82) is 0 Å². The summed E-state index contributed by atoms with van der Waals surface area (Å²) in [6.07, 6.45) is -4.77. The second-order valence-corrected chi connectivity index (χ2v) is 16.0. The van der Waals surface area contributed by atoms with Gasteiger partial charge in [0, 0.05) is 10.7 Å². The quantitative estimate of drug-likeness (QED) is 0.192. The molecule has 0 saturated carbocycles. The lowest BCUT2D eigenvalue weighted by Crippen LogP contribution is -2.63. The fourth-order valence-electron chi connectivity index (χ4n) is 3.53. The Morgan fingerprint density at radius 3 is 1.52 bits per heavy atom. The van der Waals surface area contributed by atoms with Gasteiger partial charge in [0.05, 0.1) is 21.7 Å². The molecule has 0 N–H and O–H groups in total. The molecule has 1 heterocycles. The van der Waals surface area contributed by atoms with E-state index in [0.29, 0.717) is 0 Å². The summed E-state index contributed by atoms with van der Waals surface area (Å²) in [5.74, 6) is -2.36. The molecule has 0 aliphatic carbocycles. The van der Waals surface area contributed by atoms with Gasteiger partial charge in [-0.15, -0.1) is 0 Å². The van der Waals surface area contributed by atoms with Crippen LogP contribution in [-0.2, 0) is 42.9 Å². The average molecular weight is 683 g/mol. The van der Waals surface area contributed by atoms with Gasteiger partial charge in [-0.25, -0.2) is 0 Å². The molecule has 0 aromatic heterocycles. The number of nitrogens with zero attached hydrogens (tertiary/aromatic N) is 1. The maximum atomic E-state index is 13.3. The van der Waals surface area contributed by atoms with Gasteiger partial charge >= 0.3 is 23.9 Å². The minimum atomic E-state index is -1.35. The highest BCUT2D eigenvalue weighted by Gasteiger charge is 2.54. The molecule has 246 valence electrons. The summed E-state index contributed by atoms with van der Waals surface area (Å²) in [4.78, 5) is 57.2. The van der Waals surface area contributed by atoms with Gasteiger partial charge in [0.25, 0.3) is 0 Å². The van der Waals surface area contributed by atoms with Crippen LogP contribution in [0.1, 0.15) is 88.6 Å². The number of esters is 4. The predicted octanol–water partition coefficient (Wildman–Crippen LogP) is 6.06. The first kappa shape index (κ1) is 37.4. The van der Waals surface area contributed by atoms with Gasteiger partial charge in [-0.2, -0.15) is 0 Å².